The van der Waals surface area contributed by atoms with E-state index in [1.165, 1.54) is 0 Å². The maximum absolute atomic E-state index is 10.4. The van der Waals surface area contributed by atoms with Crippen LogP contribution >= 0.6 is 23.2 Å². The quantitative estimate of drug-likeness (QED) is 0.924. The van der Waals surface area contributed by atoms with Gasteiger partial charge in [-0.2, -0.15) is 0 Å². The van der Waals surface area contributed by atoms with Gasteiger partial charge in [-0.15, -0.1) is 0 Å². The molecule has 1 N–H and O–H groups in total. The third kappa shape index (κ3) is 3.01. The van der Waals surface area contributed by atoms with Crippen molar-refractivity contribution in [2.45, 2.75) is 6.10 Å². The molecule has 0 heterocycles. The summed E-state index contributed by atoms with van der Waals surface area (Å²) in [5, 5.41) is 11.3. The zero-order valence-corrected chi connectivity index (χ0v) is 12.6. The molecule has 106 valence electrons. The average Bonchev–Trinajstić information content (AvgIpc) is 2.48. The van der Waals surface area contributed by atoms with Crippen LogP contribution in [0.1, 0.15) is 17.2 Å². The molecule has 0 bridgehead atoms. The van der Waals surface area contributed by atoms with Crippen LogP contribution in [-0.2, 0) is 0 Å². The molecule has 1 unspecified atom stereocenters. The van der Waals surface area contributed by atoms with Crippen molar-refractivity contribution in [2.75, 3.05) is 14.2 Å². The van der Waals surface area contributed by atoms with E-state index in [1.54, 1.807) is 50.6 Å². The number of aliphatic hydroxyl groups excluding tert-OH is 1. The van der Waals surface area contributed by atoms with Crippen LogP contribution in [0.25, 0.3) is 0 Å². The lowest BCUT2D eigenvalue weighted by Crippen LogP contribution is -2.01. The van der Waals surface area contributed by atoms with E-state index in [2.05, 4.69) is 0 Å². The summed E-state index contributed by atoms with van der Waals surface area (Å²) in [7, 11) is 3.11. The summed E-state index contributed by atoms with van der Waals surface area (Å²) in [4.78, 5) is 0. The second-order valence-electron chi connectivity index (χ2n) is 4.19. The number of methoxy groups -OCH3 is 2. The molecule has 0 amide bonds. The van der Waals surface area contributed by atoms with Crippen LogP contribution in [0.5, 0.6) is 11.5 Å². The number of halogens is 2. The van der Waals surface area contributed by atoms with Gasteiger partial charge in [0.1, 0.15) is 6.10 Å². The monoisotopic (exact) mass is 312 g/mol. The first-order chi connectivity index (χ1) is 9.56. The van der Waals surface area contributed by atoms with Gasteiger partial charge in [0.05, 0.1) is 24.3 Å². The molecule has 0 aliphatic carbocycles. The zero-order valence-electron chi connectivity index (χ0n) is 11.1. The summed E-state index contributed by atoms with van der Waals surface area (Å²) in [6.45, 7) is 0. The van der Waals surface area contributed by atoms with Gasteiger partial charge >= 0.3 is 0 Å². The molecule has 0 spiro atoms. The Morgan fingerprint density at radius 1 is 0.850 bits per heavy atom. The minimum atomic E-state index is -0.815. The largest absolute Gasteiger partial charge is 0.493 e. The smallest absolute Gasteiger partial charge is 0.161 e. The van der Waals surface area contributed by atoms with Crippen LogP contribution in [0.2, 0.25) is 10.0 Å². The van der Waals surface area contributed by atoms with Crippen LogP contribution in [0.3, 0.4) is 0 Å². The third-order valence-corrected chi connectivity index (χ3v) is 3.72. The Morgan fingerprint density at radius 3 is 2.05 bits per heavy atom. The highest BCUT2D eigenvalue weighted by molar-refractivity contribution is 6.42. The van der Waals surface area contributed by atoms with Crippen molar-refractivity contribution in [1.82, 2.24) is 0 Å². The fraction of sp³-hybridized carbons (Fsp3) is 0.200. The van der Waals surface area contributed by atoms with Crippen LogP contribution in [0.4, 0.5) is 0 Å². The summed E-state index contributed by atoms with van der Waals surface area (Å²) in [6.07, 6.45) is -0.815. The number of hydrogen-bond donors (Lipinski definition) is 1. The Bertz CT molecular complexity index is 614. The normalized spacial score (nSPS) is 12.1. The van der Waals surface area contributed by atoms with E-state index in [4.69, 9.17) is 32.7 Å². The molecule has 2 aromatic carbocycles. The van der Waals surface area contributed by atoms with Crippen molar-refractivity contribution >= 4 is 23.2 Å². The van der Waals surface area contributed by atoms with Gasteiger partial charge in [-0.25, -0.2) is 0 Å². The second kappa shape index (κ2) is 6.35. The van der Waals surface area contributed by atoms with E-state index in [0.717, 1.165) is 0 Å². The molecule has 1 atom stereocenters. The molecule has 0 saturated carbocycles. The zero-order chi connectivity index (χ0) is 14.7. The number of benzene rings is 2. The van der Waals surface area contributed by atoms with Crippen LogP contribution in [0, 0.1) is 0 Å². The molecular weight excluding hydrogens is 299 g/mol. The SMILES string of the molecule is COc1ccc(C(O)c2ccc(Cl)c(Cl)c2)cc1OC. The summed E-state index contributed by atoms with van der Waals surface area (Å²) in [5.41, 5.74) is 1.34. The van der Waals surface area contributed by atoms with E-state index in [9.17, 15) is 5.11 Å². The predicted octanol–water partition coefficient (Wildman–Crippen LogP) is 4.09. The van der Waals surface area contributed by atoms with Crippen LogP contribution < -0.4 is 9.47 Å². The van der Waals surface area contributed by atoms with Crippen LogP contribution in [-0.4, -0.2) is 19.3 Å². The van der Waals surface area contributed by atoms with E-state index >= 15 is 0 Å². The van der Waals surface area contributed by atoms with Crippen LogP contribution in [0.15, 0.2) is 36.4 Å². The lowest BCUT2D eigenvalue weighted by atomic mass is 10.0. The lowest BCUT2D eigenvalue weighted by molar-refractivity contribution is 0.219. The minimum Gasteiger partial charge on any atom is -0.493 e. The summed E-state index contributed by atoms with van der Waals surface area (Å²) >= 11 is 11.8. The first kappa shape index (κ1) is 15.0. The van der Waals surface area contributed by atoms with Gasteiger partial charge < -0.3 is 14.6 Å². The number of rotatable bonds is 4. The van der Waals surface area contributed by atoms with Gasteiger partial charge in [0, 0.05) is 0 Å². The molecule has 2 aromatic rings. The topological polar surface area (TPSA) is 38.7 Å². The van der Waals surface area contributed by atoms with E-state index in [1.807, 2.05) is 0 Å². The summed E-state index contributed by atoms with van der Waals surface area (Å²) < 4.78 is 10.4. The molecule has 0 fully saturated rings. The fourth-order valence-electron chi connectivity index (χ4n) is 1.90. The van der Waals surface area contributed by atoms with Gasteiger partial charge in [-0.05, 0) is 35.4 Å². The first-order valence-electron chi connectivity index (χ1n) is 5.91. The second-order valence-corrected chi connectivity index (χ2v) is 5.00. The van der Waals surface area contributed by atoms with Crippen molar-refractivity contribution in [3.63, 3.8) is 0 Å². The predicted molar refractivity (Wildman–Crippen MR) is 80.1 cm³/mol. The average molecular weight is 313 g/mol. The van der Waals surface area contributed by atoms with Crippen molar-refractivity contribution < 1.29 is 14.6 Å². The van der Waals surface area contributed by atoms with E-state index < -0.39 is 6.10 Å². The Kier molecular flexibility index (Phi) is 4.76. The molecule has 2 rings (SSSR count). The van der Waals surface area contributed by atoms with Gasteiger partial charge in [0.15, 0.2) is 11.5 Å². The Morgan fingerprint density at radius 2 is 1.45 bits per heavy atom. The molecule has 0 aliphatic rings. The Labute approximate surface area is 127 Å². The summed E-state index contributed by atoms with van der Waals surface area (Å²) in [5.74, 6) is 1.17. The molecule has 0 aliphatic heterocycles. The molecular formula is C15H14Cl2O3. The van der Waals surface area contributed by atoms with Gasteiger partial charge in [-0.3, -0.25) is 0 Å². The van der Waals surface area contributed by atoms with Crippen molar-refractivity contribution in [2.24, 2.45) is 0 Å². The van der Waals surface area contributed by atoms with Crippen molar-refractivity contribution in [3.05, 3.63) is 57.6 Å². The van der Waals surface area contributed by atoms with Gasteiger partial charge in [-0.1, -0.05) is 35.3 Å². The first-order valence-corrected chi connectivity index (χ1v) is 6.67. The highest BCUT2D eigenvalue weighted by Crippen LogP contribution is 2.33. The van der Waals surface area contributed by atoms with Crippen molar-refractivity contribution in [3.8, 4) is 11.5 Å². The Balaban J connectivity index is 2.37. The number of aliphatic hydroxyl groups is 1. The molecule has 0 radical (unpaired) electrons. The molecule has 20 heavy (non-hydrogen) atoms. The maximum atomic E-state index is 10.4. The molecule has 5 heteroatoms. The highest BCUT2D eigenvalue weighted by atomic mass is 35.5. The molecule has 0 saturated heterocycles. The van der Waals surface area contributed by atoms with E-state index in [-0.39, 0.29) is 0 Å². The van der Waals surface area contributed by atoms with Crippen molar-refractivity contribution in [1.29, 1.82) is 0 Å². The fourth-order valence-corrected chi connectivity index (χ4v) is 2.20. The highest BCUT2D eigenvalue weighted by Gasteiger charge is 2.14. The lowest BCUT2D eigenvalue weighted by Gasteiger charge is -2.15. The third-order valence-electron chi connectivity index (χ3n) is 2.98. The number of hydrogen-bond acceptors (Lipinski definition) is 3. The molecule has 3 nitrogen and oxygen atoms in total. The number of ether oxygens (including phenoxy) is 2. The Hall–Kier alpha value is -1.42. The maximum Gasteiger partial charge on any atom is 0.161 e. The van der Waals surface area contributed by atoms with Gasteiger partial charge in [0.2, 0.25) is 0 Å². The minimum absolute atomic E-state index is 0.406. The standard InChI is InChI=1S/C15H14Cl2O3/c1-19-13-6-4-10(8-14(13)20-2)15(18)9-3-5-11(16)12(17)7-9/h3-8,15,18H,1-2H3. The van der Waals surface area contributed by atoms with E-state index in [0.29, 0.717) is 32.7 Å². The van der Waals surface area contributed by atoms with Gasteiger partial charge in [0.25, 0.3) is 0 Å². The summed E-state index contributed by atoms with van der Waals surface area (Å²) in [6, 6.07) is 10.3. The molecule has 0 aromatic heterocycles.